The minimum absolute atomic E-state index is 0.136. The van der Waals surface area contributed by atoms with E-state index >= 15 is 0 Å². The van der Waals surface area contributed by atoms with Crippen molar-refractivity contribution in [2.75, 3.05) is 0 Å². The monoisotopic (exact) mass is 206 g/mol. The average molecular weight is 206 g/mol. The summed E-state index contributed by atoms with van der Waals surface area (Å²) >= 11 is 0. The summed E-state index contributed by atoms with van der Waals surface area (Å²) in [4.78, 5) is 11.0. The van der Waals surface area contributed by atoms with Crippen LogP contribution >= 0.6 is 0 Å². The van der Waals surface area contributed by atoms with Gasteiger partial charge in [0.1, 0.15) is 0 Å². The predicted octanol–water partition coefficient (Wildman–Crippen LogP) is 3.76. The number of carbonyl (C=O) groups excluding carboxylic acids is 1. The standard InChI is InChI=1S/C14H22O/c1-10-6-7-11(2)14(4,5)13(10)9-8-12(3)15/h6,8-9,11,13H,7H2,1-5H3/b9-8-. The molecule has 84 valence electrons. The highest BCUT2D eigenvalue weighted by Crippen LogP contribution is 2.45. The van der Waals surface area contributed by atoms with Crippen LogP contribution < -0.4 is 0 Å². The largest absolute Gasteiger partial charge is 0.295 e. The van der Waals surface area contributed by atoms with E-state index in [0.29, 0.717) is 11.8 Å². The minimum Gasteiger partial charge on any atom is -0.295 e. The number of hydrogen-bond donors (Lipinski definition) is 0. The molecule has 15 heavy (non-hydrogen) atoms. The van der Waals surface area contributed by atoms with Crippen molar-refractivity contribution < 1.29 is 4.79 Å². The maximum atomic E-state index is 11.0. The van der Waals surface area contributed by atoms with Crippen LogP contribution in [0.25, 0.3) is 0 Å². The van der Waals surface area contributed by atoms with Gasteiger partial charge in [-0.15, -0.1) is 0 Å². The number of hydrogen-bond acceptors (Lipinski definition) is 1. The first-order chi connectivity index (χ1) is 6.85. The van der Waals surface area contributed by atoms with E-state index in [2.05, 4.69) is 39.8 Å². The highest BCUT2D eigenvalue weighted by atomic mass is 16.1. The van der Waals surface area contributed by atoms with E-state index in [1.54, 1.807) is 13.0 Å². The summed E-state index contributed by atoms with van der Waals surface area (Å²) in [6, 6.07) is 0. The van der Waals surface area contributed by atoms with Crippen molar-refractivity contribution in [2.45, 2.75) is 41.0 Å². The lowest BCUT2D eigenvalue weighted by atomic mass is 9.63. The summed E-state index contributed by atoms with van der Waals surface area (Å²) in [6.45, 7) is 10.7. The third-order valence-electron chi connectivity index (χ3n) is 3.88. The Kier molecular flexibility index (Phi) is 3.54. The maximum Gasteiger partial charge on any atom is 0.152 e. The predicted molar refractivity (Wildman–Crippen MR) is 64.6 cm³/mol. The van der Waals surface area contributed by atoms with E-state index in [1.807, 2.05) is 0 Å². The Morgan fingerprint density at radius 1 is 1.53 bits per heavy atom. The zero-order valence-electron chi connectivity index (χ0n) is 10.5. The molecule has 1 aliphatic rings. The molecule has 2 unspecified atom stereocenters. The molecule has 0 N–H and O–H groups in total. The van der Waals surface area contributed by atoms with Gasteiger partial charge in [0.2, 0.25) is 0 Å². The quantitative estimate of drug-likeness (QED) is 0.496. The van der Waals surface area contributed by atoms with Gasteiger partial charge in [-0.1, -0.05) is 38.5 Å². The molecule has 2 atom stereocenters. The van der Waals surface area contributed by atoms with Crippen LogP contribution in [-0.4, -0.2) is 5.78 Å². The molecule has 0 spiro atoms. The molecule has 0 heterocycles. The van der Waals surface area contributed by atoms with Crippen molar-refractivity contribution in [3.05, 3.63) is 23.8 Å². The van der Waals surface area contributed by atoms with Crippen molar-refractivity contribution in [3.63, 3.8) is 0 Å². The third-order valence-corrected chi connectivity index (χ3v) is 3.88. The van der Waals surface area contributed by atoms with Crippen LogP contribution in [0.3, 0.4) is 0 Å². The van der Waals surface area contributed by atoms with E-state index in [9.17, 15) is 4.79 Å². The summed E-state index contributed by atoms with van der Waals surface area (Å²) in [7, 11) is 0. The highest BCUT2D eigenvalue weighted by molar-refractivity contribution is 5.87. The molecule has 0 bridgehead atoms. The number of rotatable bonds is 2. The van der Waals surface area contributed by atoms with Crippen LogP contribution in [0.5, 0.6) is 0 Å². The number of ketones is 1. The van der Waals surface area contributed by atoms with Crippen LogP contribution in [-0.2, 0) is 4.79 Å². The fourth-order valence-electron chi connectivity index (χ4n) is 2.32. The van der Waals surface area contributed by atoms with Gasteiger partial charge in [-0.05, 0) is 37.7 Å². The van der Waals surface area contributed by atoms with Crippen LogP contribution in [0.2, 0.25) is 0 Å². The van der Waals surface area contributed by atoms with Crippen molar-refractivity contribution in [1.29, 1.82) is 0 Å². The van der Waals surface area contributed by atoms with Gasteiger partial charge in [0, 0.05) is 5.92 Å². The molecule has 0 saturated heterocycles. The second-order valence-electron chi connectivity index (χ2n) is 5.35. The van der Waals surface area contributed by atoms with Gasteiger partial charge in [-0.2, -0.15) is 0 Å². The molecular weight excluding hydrogens is 184 g/mol. The summed E-state index contributed by atoms with van der Waals surface area (Å²) in [6.07, 6.45) is 7.25. The molecular formula is C14H22O. The topological polar surface area (TPSA) is 17.1 Å². The van der Waals surface area contributed by atoms with Gasteiger partial charge in [0.25, 0.3) is 0 Å². The Morgan fingerprint density at radius 3 is 2.67 bits per heavy atom. The molecule has 0 amide bonds. The van der Waals surface area contributed by atoms with Gasteiger partial charge < -0.3 is 0 Å². The molecule has 1 rings (SSSR count). The van der Waals surface area contributed by atoms with Crippen LogP contribution in [0.1, 0.15) is 41.0 Å². The first-order valence-electron chi connectivity index (χ1n) is 5.71. The second kappa shape index (κ2) is 4.34. The third kappa shape index (κ3) is 2.58. The fraction of sp³-hybridized carbons (Fsp3) is 0.643. The Bertz CT molecular complexity index is 307. The molecule has 0 radical (unpaired) electrons. The Balaban J connectivity index is 2.96. The SMILES string of the molecule is CC(=O)/C=C\C1C(C)=CCC(C)C1(C)C. The number of carbonyl (C=O) groups is 1. The van der Waals surface area contributed by atoms with E-state index < -0.39 is 0 Å². The minimum atomic E-state index is 0.136. The first kappa shape index (κ1) is 12.2. The van der Waals surface area contributed by atoms with Gasteiger partial charge in [0.15, 0.2) is 5.78 Å². The van der Waals surface area contributed by atoms with Gasteiger partial charge in [-0.25, -0.2) is 0 Å². The van der Waals surface area contributed by atoms with E-state index in [-0.39, 0.29) is 11.2 Å². The lowest BCUT2D eigenvalue weighted by Crippen LogP contribution is -2.33. The summed E-state index contributed by atoms with van der Waals surface area (Å²) in [5, 5.41) is 0. The van der Waals surface area contributed by atoms with Crippen LogP contribution in [0.15, 0.2) is 23.8 Å². The van der Waals surface area contributed by atoms with E-state index in [4.69, 9.17) is 0 Å². The van der Waals surface area contributed by atoms with Crippen molar-refractivity contribution in [2.24, 2.45) is 17.3 Å². The van der Waals surface area contributed by atoms with Crippen LogP contribution in [0.4, 0.5) is 0 Å². The van der Waals surface area contributed by atoms with E-state index in [1.165, 1.54) is 5.57 Å². The molecule has 0 fully saturated rings. The first-order valence-corrected chi connectivity index (χ1v) is 5.71. The Hall–Kier alpha value is -0.850. The van der Waals surface area contributed by atoms with Crippen LogP contribution in [0, 0.1) is 17.3 Å². The lowest BCUT2D eigenvalue weighted by molar-refractivity contribution is -0.112. The fourth-order valence-corrected chi connectivity index (χ4v) is 2.32. The zero-order valence-corrected chi connectivity index (χ0v) is 10.5. The molecule has 1 heteroatoms. The smallest absolute Gasteiger partial charge is 0.152 e. The van der Waals surface area contributed by atoms with Gasteiger partial charge >= 0.3 is 0 Å². The summed E-state index contributed by atoms with van der Waals surface area (Å²) in [5.74, 6) is 1.21. The molecule has 0 aliphatic heterocycles. The zero-order chi connectivity index (χ0) is 11.6. The normalized spacial score (nSPS) is 30.3. The second-order valence-corrected chi connectivity index (χ2v) is 5.35. The van der Waals surface area contributed by atoms with E-state index in [0.717, 1.165) is 6.42 Å². The molecule has 0 aromatic heterocycles. The highest BCUT2D eigenvalue weighted by Gasteiger charge is 2.36. The molecule has 1 nitrogen and oxygen atoms in total. The summed E-state index contributed by atoms with van der Waals surface area (Å²) < 4.78 is 0. The van der Waals surface area contributed by atoms with Crippen molar-refractivity contribution in [1.82, 2.24) is 0 Å². The van der Waals surface area contributed by atoms with Gasteiger partial charge in [0.05, 0.1) is 0 Å². The van der Waals surface area contributed by atoms with Crippen molar-refractivity contribution in [3.8, 4) is 0 Å². The summed E-state index contributed by atoms with van der Waals surface area (Å²) in [5.41, 5.74) is 1.65. The van der Waals surface area contributed by atoms with Gasteiger partial charge in [-0.3, -0.25) is 4.79 Å². The molecule has 0 aromatic carbocycles. The maximum absolute atomic E-state index is 11.0. The Morgan fingerprint density at radius 2 is 2.13 bits per heavy atom. The molecule has 0 saturated carbocycles. The molecule has 1 aliphatic carbocycles. The lowest BCUT2D eigenvalue weighted by Gasteiger charge is -2.42. The van der Waals surface area contributed by atoms with Crippen molar-refractivity contribution >= 4 is 5.78 Å². The average Bonchev–Trinajstić information content (AvgIpc) is 2.11. The Labute approximate surface area is 93.3 Å². The number of allylic oxidation sites excluding steroid dienone is 4. The molecule has 0 aromatic rings.